The topological polar surface area (TPSA) is 63.7 Å². The van der Waals surface area contributed by atoms with Gasteiger partial charge in [-0.1, -0.05) is 18.2 Å². The fourth-order valence-corrected chi connectivity index (χ4v) is 3.11. The lowest BCUT2D eigenvalue weighted by molar-refractivity contribution is -0.140. The predicted octanol–water partition coefficient (Wildman–Crippen LogP) is 1.57. The van der Waals surface area contributed by atoms with E-state index in [-0.39, 0.29) is 18.9 Å². The maximum absolute atomic E-state index is 12.3. The number of benzene rings is 1. The van der Waals surface area contributed by atoms with E-state index >= 15 is 0 Å². The van der Waals surface area contributed by atoms with Crippen molar-refractivity contribution in [3.63, 3.8) is 0 Å². The van der Waals surface area contributed by atoms with E-state index in [1.165, 1.54) is 18.5 Å². The molecule has 0 saturated heterocycles. The molecule has 0 spiro atoms. The minimum absolute atomic E-state index is 0.212. The average molecular weight is 285 g/mol. The molecule has 0 atom stereocenters. The maximum Gasteiger partial charge on any atom is 0.305 e. The number of hydrogen-bond donors (Lipinski definition) is 0. The van der Waals surface area contributed by atoms with Gasteiger partial charge in [-0.05, 0) is 25.0 Å². The number of carbonyl (C=O) groups excluding carboxylic acids is 1. The maximum atomic E-state index is 12.3. The Kier molecular flexibility index (Phi) is 5.50. The Bertz CT molecular complexity index is 539. The molecule has 0 unspecified atom stereocenters. The zero-order valence-electron chi connectivity index (χ0n) is 11.4. The van der Waals surface area contributed by atoms with E-state index in [9.17, 15) is 13.2 Å². The van der Waals surface area contributed by atoms with Crippen molar-refractivity contribution >= 4 is 16.0 Å². The van der Waals surface area contributed by atoms with Crippen molar-refractivity contribution in [2.24, 2.45) is 0 Å². The van der Waals surface area contributed by atoms with E-state index in [1.807, 2.05) is 0 Å². The summed E-state index contributed by atoms with van der Waals surface area (Å²) in [6, 6.07) is 6.84. The molecule has 0 aliphatic heterocycles. The lowest BCUT2D eigenvalue weighted by atomic mass is 10.2. The highest BCUT2D eigenvalue weighted by Gasteiger charge is 2.22. The minimum Gasteiger partial charge on any atom is -0.469 e. The van der Waals surface area contributed by atoms with Gasteiger partial charge in [-0.3, -0.25) is 4.79 Å². The summed E-state index contributed by atoms with van der Waals surface area (Å²) in [5, 5.41) is 0. The second-order valence-electron chi connectivity index (χ2n) is 4.27. The fourth-order valence-electron chi connectivity index (χ4n) is 1.68. The molecule has 0 fully saturated rings. The van der Waals surface area contributed by atoms with Crippen molar-refractivity contribution in [1.82, 2.24) is 4.31 Å². The molecular weight excluding hydrogens is 266 g/mol. The Morgan fingerprint density at radius 1 is 1.32 bits per heavy atom. The summed E-state index contributed by atoms with van der Waals surface area (Å²) in [4.78, 5) is 11.3. The number of esters is 1. The highest BCUT2D eigenvalue weighted by Crippen LogP contribution is 2.18. The van der Waals surface area contributed by atoms with Crippen LogP contribution in [-0.2, 0) is 19.6 Å². The molecule has 0 amide bonds. The molecule has 0 aliphatic carbocycles. The number of carbonyl (C=O) groups is 1. The number of ether oxygens (including phenoxy) is 1. The molecule has 1 rings (SSSR count). The van der Waals surface area contributed by atoms with Crippen LogP contribution in [0.2, 0.25) is 0 Å². The van der Waals surface area contributed by atoms with Gasteiger partial charge in [0.25, 0.3) is 0 Å². The summed E-state index contributed by atoms with van der Waals surface area (Å²) in [6.45, 7) is 2.04. The number of nitrogens with zero attached hydrogens (tertiary/aromatic N) is 1. The van der Waals surface area contributed by atoms with Gasteiger partial charge in [-0.25, -0.2) is 12.7 Å². The van der Waals surface area contributed by atoms with E-state index in [1.54, 1.807) is 31.2 Å². The van der Waals surface area contributed by atoms with Gasteiger partial charge >= 0.3 is 5.97 Å². The lowest BCUT2D eigenvalue weighted by Crippen LogP contribution is -2.28. The third-order valence-electron chi connectivity index (χ3n) is 2.86. The molecule has 0 heterocycles. The highest BCUT2D eigenvalue weighted by atomic mass is 32.2. The van der Waals surface area contributed by atoms with E-state index in [0.717, 1.165) is 0 Å². The number of hydrogen-bond acceptors (Lipinski definition) is 4. The molecule has 0 bridgehead atoms. The Hall–Kier alpha value is -1.40. The van der Waals surface area contributed by atoms with Crippen molar-refractivity contribution in [2.75, 3.05) is 20.7 Å². The Labute approximate surface area is 114 Å². The molecule has 6 heteroatoms. The van der Waals surface area contributed by atoms with Crippen molar-refractivity contribution in [3.8, 4) is 0 Å². The van der Waals surface area contributed by atoms with Crippen molar-refractivity contribution < 1.29 is 17.9 Å². The van der Waals surface area contributed by atoms with Crippen molar-refractivity contribution in [2.45, 2.75) is 24.7 Å². The number of sulfonamides is 1. The second kappa shape index (κ2) is 6.68. The monoisotopic (exact) mass is 285 g/mol. The highest BCUT2D eigenvalue weighted by molar-refractivity contribution is 7.89. The van der Waals surface area contributed by atoms with Gasteiger partial charge in [0.05, 0.1) is 12.0 Å². The van der Waals surface area contributed by atoms with Gasteiger partial charge in [0, 0.05) is 20.0 Å². The molecular formula is C13H19NO4S. The Morgan fingerprint density at radius 3 is 2.53 bits per heavy atom. The second-order valence-corrected chi connectivity index (χ2v) is 6.29. The van der Waals surface area contributed by atoms with Gasteiger partial charge in [0.15, 0.2) is 0 Å². The Morgan fingerprint density at radius 2 is 1.95 bits per heavy atom. The first-order valence-electron chi connectivity index (χ1n) is 5.98. The van der Waals surface area contributed by atoms with Crippen LogP contribution in [0.15, 0.2) is 29.2 Å². The molecule has 5 nitrogen and oxygen atoms in total. The zero-order valence-corrected chi connectivity index (χ0v) is 12.2. The molecule has 0 radical (unpaired) electrons. The van der Waals surface area contributed by atoms with Gasteiger partial charge in [-0.15, -0.1) is 0 Å². The summed E-state index contributed by atoms with van der Waals surface area (Å²) in [5.41, 5.74) is 0.710. The molecule has 19 heavy (non-hydrogen) atoms. The molecule has 106 valence electrons. The molecule has 0 saturated carbocycles. The van der Waals surface area contributed by atoms with Crippen LogP contribution in [0.5, 0.6) is 0 Å². The zero-order chi connectivity index (χ0) is 14.5. The summed E-state index contributed by atoms with van der Waals surface area (Å²) >= 11 is 0. The number of rotatable bonds is 6. The van der Waals surface area contributed by atoms with Crippen molar-refractivity contribution in [3.05, 3.63) is 29.8 Å². The van der Waals surface area contributed by atoms with Crippen LogP contribution in [0.25, 0.3) is 0 Å². The van der Waals surface area contributed by atoms with Gasteiger partial charge in [0.1, 0.15) is 0 Å². The number of methoxy groups -OCH3 is 1. The largest absolute Gasteiger partial charge is 0.469 e. The smallest absolute Gasteiger partial charge is 0.305 e. The van der Waals surface area contributed by atoms with E-state index < -0.39 is 10.0 Å². The number of aryl methyl sites for hydroxylation is 1. The standard InChI is InChI=1S/C13H19NO4S/c1-11-7-4-5-8-12(11)19(16,17)14(2)10-6-9-13(15)18-3/h4-5,7-8H,6,9-10H2,1-3H3. The first kappa shape index (κ1) is 15.7. The predicted molar refractivity (Wildman–Crippen MR) is 72.2 cm³/mol. The van der Waals surface area contributed by atoms with Gasteiger partial charge in [-0.2, -0.15) is 0 Å². The van der Waals surface area contributed by atoms with E-state index in [2.05, 4.69) is 4.74 Å². The SMILES string of the molecule is COC(=O)CCCN(C)S(=O)(=O)c1ccccc1C. The molecule has 0 aliphatic rings. The van der Waals surface area contributed by atoms with Crippen LogP contribution >= 0.6 is 0 Å². The molecule has 0 N–H and O–H groups in total. The quantitative estimate of drug-likeness (QED) is 0.744. The summed E-state index contributed by atoms with van der Waals surface area (Å²) in [6.07, 6.45) is 0.651. The van der Waals surface area contributed by atoms with Crippen LogP contribution < -0.4 is 0 Å². The Balaban J connectivity index is 2.73. The fraction of sp³-hybridized carbons (Fsp3) is 0.462. The first-order chi connectivity index (χ1) is 8.89. The molecule has 1 aromatic carbocycles. The third-order valence-corrected chi connectivity index (χ3v) is 4.88. The van der Waals surface area contributed by atoms with Crippen LogP contribution in [-0.4, -0.2) is 39.4 Å². The summed E-state index contributed by atoms with van der Waals surface area (Å²) in [7, 11) is -0.665. The van der Waals surface area contributed by atoms with Crippen LogP contribution in [0.3, 0.4) is 0 Å². The summed E-state index contributed by atoms with van der Waals surface area (Å²) in [5.74, 6) is -0.332. The average Bonchev–Trinajstić information content (AvgIpc) is 2.38. The molecule has 0 aromatic heterocycles. The first-order valence-corrected chi connectivity index (χ1v) is 7.42. The minimum atomic E-state index is -3.49. The van der Waals surface area contributed by atoms with Crippen LogP contribution in [0, 0.1) is 6.92 Å². The van der Waals surface area contributed by atoms with Gasteiger partial charge in [0.2, 0.25) is 10.0 Å². The molecule has 1 aromatic rings. The van der Waals surface area contributed by atoms with Crippen LogP contribution in [0.4, 0.5) is 0 Å². The lowest BCUT2D eigenvalue weighted by Gasteiger charge is -2.18. The van der Waals surface area contributed by atoms with Crippen LogP contribution in [0.1, 0.15) is 18.4 Å². The normalized spacial score (nSPS) is 11.6. The summed E-state index contributed by atoms with van der Waals surface area (Å²) < 4.78 is 30.4. The van der Waals surface area contributed by atoms with E-state index in [4.69, 9.17) is 0 Å². The van der Waals surface area contributed by atoms with Crippen molar-refractivity contribution in [1.29, 1.82) is 0 Å². The van der Waals surface area contributed by atoms with E-state index in [0.29, 0.717) is 16.9 Å². The third kappa shape index (κ3) is 4.04. The van der Waals surface area contributed by atoms with Gasteiger partial charge < -0.3 is 4.74 Å².